The predicted molar refractivity (Wildman–Crippen MR) is 70.5 cm³/mol. The Balaban J connectivity index is 2.55. The van der Waals surface area contributed by atoms with Gasteiger partial charge in [0.1, 0.15) is 13.1 Å². The Hall–Kier alpha value is -1.83. The molecule has 0 aromatic rings. The minimum Gasteiger partial charge on any atom is -0.480 e. The highest BCUT2D eigenvalue weighted by Crippen LogP contribution is 2.09. The third kappa shape index (κ3) is 5.43. The summed E-state index contributed by atoms with van der Waals surface area (Å²) in [6.45, 7) is 3.36. The molecule has 1 fully saturated rings. The first-order valence-electron chi connectivity index (χ1n) is 6.63. The lowest BCUT2D eigenvalue weighted by Crippen LogP contribution is -2.53. The lowest BCUT2D eigenvalue weighted by molar-refractivity contribution is -0.140. The van der Waals surface area contributed by atoms with E-state index < -0.39 is 31.1 Å². The monoisotopic (exact) mass is 287 g/mol. The second kappa shape index (κ2) is 7.68. The molecule has 1 atom stereocenters. The molecule has 0 bridgehead atoms. The summed E-state index contributed by atoms with van der Waals surface area (Å²) in [7, 11) is 0. The first-order valence-corrected chi connectivity index (χ1v) is 6.63. The molecule has 1 aliphatic heterocycles. The zero-order chi connectivity index (χ0) is 15.1. The molecular formula is C12H21N3O5. The summed E-state index contributed by atoms with van der Waals surface area (Å²) in [5, 5.41) is 20.1. The number of nitrogens with zero attached hydrogens (tertiary/aromatic N) is 2. The number of hydrogen-bond acceptors (Lipinski definition) is 4. The SMILES string of the molecule is CCN1CCCC(NC(=O)N(CC(=O)O)CC(=O)O)C1. The Kier molecular flexibility index (Phi) is 6.23. The molecule has 1 unspecified atom stereocenters. The van der Waals surface area contributed by atoms with E-state index in [1.54, 1.807) is 0 Å². The van der Waals surface area contributed by atoms with Crippen LogP contribution >= 0.6 is 0 Å². The fraction of sp³-hybridized carbons (Fsp3) is 0.750. The van der Waals surface area contributed by atoms with Gasteiger partial charge in [0.05, 0.1) is 0 Å². The van der Waals surface area contributed by atoms with Gasteiger partial charge in [0.15, 0.2) is 0 Å². The van der Waals surface area contributed by atoms with E-state index in [-0.39, 0.29) is 6.04 Å². The summed E-state index contributed by atoms with van der Waals surface area (Å²) in [5.74, 6) is -2.47. The number of aliphatic carboxylic acids is 2. The molecule has 0 radical (unpaired) electrons. The third-order valence-corrected chi connectivity index (χ3v) is 3.22. The smallest absolute Gasteiger partial charge is 0.323 e. The normalized spacial score (nSPS) is 19.4. The molecule has 0 aromatic carbocycles. The summed E-state index contributed by atoms with van der Waals surface area (Å²) < 4.78 is 0. The average molecular weight is 287 g/mol. The first kappa shape index (κ1) is 16.2. The number of carboxylic acids is 2. The van der Waals surface area contributed by atoms with E-state index in [4.69, 9.17) is 10.2 Å². The Morgan fingerprint density at radius 2 is 1.85 bits per heavy atom. The highest BCUT2D eigenvalue weighted by molar-refractivity contribution is 5.84. The van der Waals surface area contributed by atoms with Crippen molar-refractivity contribution in [1.29, 1.82) is 0 Å². The highest BCUT2D eigenvalue weighted by Gasteiger charge is 2.25. The molecule has 0 spiro atoms. The molecule has 1 heterocycles. The summed E-state index contributed by atoms with van der Waals surface area (Å²) in [6, 6.07) is -0.709. The van der Waals surface area contributed by atoms with Gasteiger partial charge < -0.3 is 25.3 Å². The largest absolute Gasteiger partial charge is 0.480 e. The Labute approximate surface area is 117 Å². The number of carbonyl (C=O) groups excluding carboxylic acids is 1. The van der Waals surface area contributed by atoms with Crippen molar-refractivity contribution in [3.05, 3.63) is 0 Å². The van der Waals surface area contributed by atoms with Crippen molar-refractivity contribution in [2.24, 2.45) is 0 Å². The quantitative estimate of drug-likeness (QED) is 0.616. The lowest BCUT2D eigenvalue weighted by Gasteiger charge is -2.33. The second-order valence-corrected chi connectivity index (χ2v) is 4.83. The summed E-state index contributed by atoms with van der Waals surface area (Å²) in [4.78, 5) is 36.2. The topological polar surface area (TPSA) is 110 Å². The minimum atomic E-state index is -1.24. The molecule has 1 saturated heterocycles. The zero-order valence-electron chi connectivity index (χ0n) is 11.5. The molecular weight excluding hydrogens is 266 g/mol. The van der Waals surface area contributed by atoms with Crippen LogP contribution in [0.15, 0.2) is 0 Å². The highest BCUT2D eigenvalue weighted by atomic mass is 16.4. The van der Waals surface area contributed by atoms with Crippen LogP contribution in [-0.4, -0.2) is 76.7 Å². The van der Waals surface area contributed by atoms with Crippen LogP contribution in [0.4, 0.5) is 4.79 Å². The Morgan fingerprint density at radius 3 is 2.35 bits per heavy atom. The van der Waals surface area contributed by atoms with Crippen molar-refractivity contribution in [1.82, 2.24) is 15.1 Å². The van der Waals surface area contributed by atoms with Crippen LogP contribution in [0.25, 0.3) is 0 Å². The number of carboxylic acid groups (broad SMARTS) is 2. The van der Waals surface area contributed by atoms with Crippen LogP contribution in [-0.2, 0) is 9.59 Å². The molecule has 3 N–H and O–H groups in total. The minimum absolute atomic E-state index is 0.0683. The standard InChI is InChI=1S/C12H21N3O5/c1-2-14-5-3-4-9(6-14)13-12(20)15(7-10(16)17)8-11(18)19/h9H,2-8H2,1H3,(H,13,20)(H,16,17)(H,18,19). The van der Waals surface area contributed by atoms with Crippen LogP contribution in [0.2, 0.25) is 0 Å². The molecule has 1 rings (SSSR count). The zero-order valence-corrected chi connectivity index (χ0v) is 11.5. The van der Waals surface area contributed by atoms with Crippen LogP contribution in [0.3, 0.4) is 0 Å². The van der Waals surface area contributed by atoms with Gasteiger partial charge in [0.25, 0.3) is 0 Å². The van der Waals surface area contributed by atoms with E-state index in [1.165, 1.54) is 0 Å². The fourth-order valence-corrected chi connectivity index (χ4v) is 2.25. The molecule has 0 saturated carbocycles. The van der Waals surface area contributed by atoms with Gasteiger partial charge in [-0.15, -0.1) is 0 Å². The van der Waals surface area contributed by atoms with Gasteiger partial charge in [0.2, 0.25) is 0 Å². The number of nitrogens with one attached hydrogen (secondary N) is 1. The van der Waals surface area contributed by atoms with Crippen molar-refractivity contribution in [3.63, 3.8) is 0 Å². The van der Waals surface area contributed by atoms with Crippen LogP contribution < -0.4 is 5.32 Å². The van der Waals surface area contributed by atoms with Gasteiger partial charge in [-0.25, -0.2) is 4.79 Å². The van der Waals surface area contributed by atoms with E-state index in [0.29, 0.717) is 6.54 Å². The molecule has 0 aliphatic carbocycles. The maximum Gasteiger partial charge on any atom is 0.323 e. The number of amides is 2. The van der Waals surface area contributed by atoms with Gasteiger partial charge in [0, 0.05) is 12.6 Å². The van der Waals surface area contributed by atoms with Gasteiger partial charge in [-0.05, 0) is 25.9 Å². The molecule has 0 aromatic heterocycles. The number of likely N-dealkylation sites (N-methyl/N-ethyl adjacent to an activating group) is 1. The summed E-state index contributed by atoms with van der Waals surface area (Å²) >= 11 is 0. The Bertz CT molecular complexity index is 358. The number of rotatable bonds is 6. The summed E-state index contributed by atoms with van der Waals surface area (Å²) in [6.07, 6.45) is 1.77. The fourth-order valence-electron chi connectivity index (χ4n) is 2.25. The van der Waals surface area contributed by atoms with E-state index in [0.717, 1.165) is 30.8 Å². The van der Waals surface area contributed by atoms with Crippen LogP contribution in [0, 0.1) is 0 Å². The second-order valence-electron chi connectivity index (χ2n) is 4.83. The van der Waals surface area contributed by atoms with Crippen LogP contribution in [0.1, 0.15) is 19.8 Å². The van der Waals surface area contributed by atoms with Crippen molar-refractivity contribution < 1.29 is 24.6 Å². The molecule has 8 heteroatoms. The van der Waals surface area contributed by atoms with Gasteiger partial charge in [-0.3, -0.25) is 9.59 Å². The third-order valence-electron chi connectivity index (χ3n) is 3.22. The number of piperidine rings is 1. The summed E-state index contributed by atoms with van der Waals surface area (Å²) in [5.41, 5.74) is 0. The number of hydrogen-bond donors (Lipinski definition) is 3. The molecule has 114 valence electrons. The number of urea groups is 1. The van der Waals surface area contributed by atoms with Crippen molar-refractivity contribution in [2.75, 3.05) is 32.7 Å². The Morgan fingerprint density at radius 1 is 1.25 bits per heavy atom. The van der Waals surface area contributed by atoms with Crippen LogP contribution in [0.5, 0.6) is 0 Å². The van der Waals surface area contributed by atoms with Crippen molar-refractivity contribution in [2.45, 2.75) is 25.8 Å². The van der Waals surface area contributed by atoms with Gasteiger partial charge in [-0.2, -0.15) is 0 Å². The van der Waals surface area contributed by atoms with Crippen molar-refractivity contribution >= 4 is 18.0 Å². The number of likely N-dealkylation sites (tertiary alicyclic amines) is 1. The lowest BCUT2D eigenvalue weighted by atomic mass is 10.1. The number of carbonyl (C=O) groups is 3. The average Bonchev–Trinajstić information content (AvgIpc) is 2.37. The van der Waals surface area contributed by atoms with Crippen molar-refractivity contribution in [3.8, 4) is 0 Å². The van der Waals surface area contributed by atoms with E-state index >= 15 is 0 Å². The maximum absolute atomic E-state index is 11.9. The molecule has 8 nitrogen and oxygen atoms in total. The maximum atomic E-state index is 11.9. The molecule has 2 amide bonds. The van der Waals surface area contributed by atoms with Gasteiger partial charge >= 0.3 is 18.0 Å². The first-order chi connectivity index (χ1) is 9.42. The van der Waals surface area contributed by atoms with E-state index in [2.05, 4.69) is 10.2 Å². The predicted octanol–water partition coefficient (Wildman–Crippen LogP) is -0.348. The van der Waals surface area contributed by atoms with E-state index in [9.17, 15) is 14.4 Å². The van der Waals surface area contributed by atoms with E-state index in [1.807, 2.05) is 6.92 Å². The molecule has 1 aliphatic rings. The van der Waals surface area contributed by atoms with Gasteiger partial charge in [-0.1, -0.05) is 6.92 Å². The molecule has 20 heavy (non-hydrogen) atoms.